The van der Waals surface area contributed by atoms with Crippen LogP contribution in [0, 0.1) is 41.5 Å². The van der Waals surface area contributed by atoms with Crippen molar-refractivity contribution in [3.8, 4) is 11.5 Å². The van der Waals surface area contributed by atoms with Crippen molar-refractivity contribution in [1.82, 2.24) is 0 Å². The normalized spacial score (nSPS) is 11.9. The summed E-state index contributed by atoms with van der Waals surface area (Å²) in [5, 5.41) is 0.663. The molecule has 0 spiro atoms. The van der Waals surface area contributed by atoms with Crippen LogP contribution >= 0.6 is 8.46 Å². The first-order valence-electron chi connectivity index (χ1n) is 17.5. The second-order valence-corrected chi connectivity index (χ2v) is 13.7. The summed E-state index contributed by atoms with van der Waals surface area (Å²) in [5.74, 6) is 2.33. The fraction of sp³-hybridized carbons (Fsp3) is 0.476. The van der Waals surface area contributed by atoms with E-state index in [0.717, 1.165) is 50.0 Å². The van der Waals surface area contributed by atoms with Gasteiger partial charge in [-0.3, -0.25) is 4.57 Å². The Bertz CT molecular complexity index is 1420. The molecular formula is C42H57O3P. The monoisotopic (exact) mass is 640 g/mol. The topological polar surface area (TPSA) is 35.5 Å². The Hall–Kier alpha value is -3.16. The Balaban J connectivity index is 1.62. The largest absolute Gasteiger partial charge is 0.492 e. The zero-order valence-electron chi connectivity index (χ0n) is 29.6. The van der Waals surface area contributed by atoms with E-state index in [2.05, 4.69) is 91.0 Å². The van der Waals surface area contributed by atoms with Crippen LogP contribution in [0.15, 0.2) is 54.3 Å². The molecule has 0 unspecified atom stereocenters. The number of hydrogen-bond acceptors (Lipinski definition) is 3. The van der Waals surface area contributed by atoms with Crippen LogP contribution in [-0.2, 0) is 4.57 Å². The minimum Gasteiger partial charge on any atom is -0.492 e. The van der Waals surface area contributed by atoms with Gasteiger partial charge in [0.05, 0.1) is 11.9 Å². The standard InChI is InChI=1S/C42H57O3P/c1-8-9-10-11-16-19-24-44-41-30-38(22-23-42(41)46-43)45-37(29-40-35(6)27-32(3)28-36(40)7)20-17-14-12-13-15-18-21-39-33(4)25-31(2)26-34(39)5/h18,21-23,25-30H,8-17,19-20,24H2,1-7H3. The van der Waals surface area contributed by atoms with Crippen LogP contribution in [0.5, 0.6) is 11.5 Å². The van der Waals surface area contributed by atoms with E-state index in [1.807, 2.05) is 18.2 Å². The molecule has 4 heteroatoms. The first kappa shape index (κ1) is 37.3. The molecule has 46 heavy (non-hydrogen) atoms. The van der Waals surface area contributed by atoms with Gasteiger partial charge in [0, 0.05) is 12.5 Å². The first-order chi connectivity index (χ1) is 22.2. The Morgan fingerprint density at radius 1 is 0.696 bits per heavy atom. The average Bonchev–Trinajstić information content (AvgIpc) is 3.00. The summed E-state index contributed by atoms with van der Waals surface area (Å²) in [6, 6.07) is 14.7. The van der Waals surface area contributed by atoms with Gasteiger partial charge in [-0.15, -0.1) is 0 Å². The average molecular weight is 641 g/mol. The highest BCUT2D eigenvalue weighted by atomic mass is 31.1. The van der Waals surface area contributed by atoms with Crippen LogP contribution in [0.25, 0.3) is 12.2 Å². The Labute approximate surface area is 281 Å². The second kappa shape index (κ2) is 20.2. The van der Waals surface area contributed by atoms with Gasteiger partial charge in [-0.1, -0.05) is 99.4 Å². The summed E-state index contributed by atoms with van der Waals surface area (Å²) in [7, 11) is -0.0367. The number of benzene rings is 3. The minimum absolute atomic E-state index is 0.0367. The number of ether oxygens (including phenoxy) is 2. The highest BCUT2D eigenvalue weighted by Crippen LogP contribution is 2.28. The van der Waals surface area contributed by atoms with Crippen molar-refractivity contribution in [2.45, 2.75) is 126 Å². The van der Waals surface area contributed by atoms with Crippen molar-refractivity contribution in [1.29, 1.82) is 0 Å². The molecule has 0 N–H and O–H groups in total. The van der Waals surface area contributed by atoms with Gasteiger partial charge in [0.25, 0.3) is 0 Å². The smallest absolute Gasteiger partial charge is 0.196 e. The molecule has 248 valence electrons. The molecule has 0 aliphatic heterocycles. The van der Waals surface area contributed by atoms with Gasteiger partial charge >= 0.3 is 0 Å². The molecule has 0 heterocycles. The summed E-state index contributed by atoms with van der Waals surface area (Å²) in [4.78, 5) is 0. The molecular weight excluding hydrogens is 583 g/mol. The van der Waals surface area contributed by atoms with Crippen LogP contribution in [0.3, 0.4) is 0 Å². The fourth-order valence-corrected chi connectivity index (χ4v) is 6.62. The first-order valence-corrected chi connectivity index (χ1v) is 18.3. The van der Waals surface area contributed by atoms with Crippen LogP contribution in [0.1, 0.15) is 128 Å². The lowest BCUT2D eigenvalue weighted by Crippen LogP contribution is -2.06. The molecule has 0 saturated carbocycles. The Morgan fingerprint density at radius 2 is 1.28 bits per heavy atom. The second-order valence-electron chi connectivity index (χ2n) is 13.0. The van der Waals surface area contributed by atoms with Crippen molar-refractivity contribution in [2.24, 2.45) is 0 Å². The predicted octanol–water partition coefficient (Wildman–Crippen LogP) is 12.7. The van der Waals surface area contributed by atoms with E-state index in [1.165, 1.54) is 83.0 Å². The lowest BCUT2D eigenvalue weighted by Gasteiger charge is -2.15. The Kier molecular flexibility index (Phi) is 16.3. The molecule has 0 atom stereocenters. The van der Waals surface area contributed by atoms with E-state index < -0.39 is 0 Å². The van der Waals surface area contributed by atoms with Crippen molar-refractivity contribution in [2.75, 3.05) is 6.61 Å². The molecule has 0 aromatic heterocycles. The predicted molar refractivity (Wildman–Crippen MR) is 199 cm³/mol. The summed E-state index contributed by atoms with van der Waals surface area (Å²) in [5.41, 5.74) is 10.4. The van der Waals surface area contributed by atoms with Crippen molar-refractivity contribution < 1.29 is 14.0 Å². The maximum absolute atomic E-state index is 11.9. The van der Waals surface area contributed by atoms with Crippen molar-refractivity contribution >= 4 is 25.9 Å². The highest BCUT2D eigenvalue weighted by Gasteiger charge is 2.11. The lowest BCUT2D eigenvalue weighted by atomic mass is 9.98. The van der Waals surface area contributed by atoms with Crippen LogP contribution in [0.4, 0.5) is 0 Å². The zero-order valence-corrected chi connectivity index (χ0v) is 30.5. The molecule has 0 radical (unpaired) electrons. The molecule has 0 aliphatic carbocycles. The molecule has 0 amide bonds. The van der Waals surface area contributed by atoms with E-state index >= 15 is 0 Å². The molecule has 3 rings (SSSR count). The summed E-state index contributed by atoms with van der Waals surface area (Å²) >= 11 is 0. The van der Waals surface area contributed by atoms with E-state index in [1.54, 1.807) is 0 Å². The number of rotatable bonds is 20. The highest BCUT2D eigenvalue weighted by molar-refractivity contribution is 7.34. The third-order valence-corrected chi connectivity index (χ3v) is 9.21. The van der Waals surface area contributed by atoms with Gasteiger partial charge in [0.2, 0.25) is 0 Å². The van der Waals surface area contributed by atoms with Crippen LogP contribution < -0.4 is 14.8 Å². The quantitative estimate of drug-likeness (QED) is 0.0700. The van der Waals surface area contributed by atoms with Gasteiger partial charge in [-0.25, -0.2) is 0 Å². The zero-order chi connectivity index (χ0) is 33.3. The third-order valence-electron chi connectivity index (χ3n) is 8.64. The summed E-state index contributed by atoms with van der Waals surface area (Å²) < 4.78 is 24.5. The number of allylic oxidation sites excluding steroid dienone is 2. The summed E-state index contributed by atoms with van der Waals surface area (Å²) in [6.07, 6.45) is 20.6. The fourth-order valence-electron chi connectivity index (χ4n) is 6.27. The van der Waals surface area contributed by atoms with E-state index in [4.69, 9.17) is 9.47 Å². The molecule has 0 saturated heterocycles. The molecule has 3 aromatic rings. The van der Waals surface area contributed by atoms with Crippen molar-refractivity contribution in [3.05, 3.63) is 98.8 Å². The van der Waals surface area contributed by atoms with E-state index in [9.17, 15) is 4.57 Å². The van der Waals surface area contributed by atoms with Gasteiger partial charge in [-0.2, -0.15) is 0 Å². The third kappa shape index (κ3) is 12.6. The van der Waals surface area contributed by atoms with Gasteiger partial charge < -0.3 is 9.47 Å². The number of unbranched alkanes of at least 4 members (excludes halogenated alkanes) is 9. The molecule has 3 aromatic carbocycles. The van der Waals surface area contributed by atoms with Crippen LogP contribution in [0.2, 0.25) is 0 Å². The van der Waals surface area contributed by atoms with E-state index in [-0.39, 0.29) is 8.46 Å². The molecule has 0 aliphatic rings. The van der Waals surface area contributed by atoms with Crippen molar-refractivity contribution in [3.63, 3.8) is 0 Å². The number of aryl methyl sites for hydroxylation is 6. The van der Waals surface area contributed by atoms with E-state index in [0.29, 0.717) is 17.7 Å². The molecule has 0 bridgehead atoms. The van der Waals surface area contributed by atoms with Crippen LogP contribution in [-0.4, -0.2) is 6.61 Å². The SMILES string of the molecule is CCCCCCCCOc1cc(OC(=Cc2c(C)cc(C)cc2C)CCCCCCC=Cc2c(C)cc(C)cc2C)ccc1P=O. The minimum atomic E-state index is -0.0367. The maximum Gasteiger partial charge on any atom is 0.196 e. The maximum atomic E-state index is 11.9. The summed E-state index contributed by atoms with van der Waals surface area (Å²) in [6.45, 7) is 15.9. The Morgan fingerprint density at radius 3 is 1.93 bits per heavy atom. The lowest BCUT2D eigenvalue weighted by molar-refractivity contribution is 0.304. The molecule has 3 nitrogen and oxygen atoms in total. The number of hydrogen-bond donors (Lipinski definition) is 0. The molecule has 0 fully saturated rings. The van der Waals surface area contributed by atoms with Gasteiger partial charge in [0.15, 0.2) is 8.46 Å². The van der Waals surface area contributed by atoms with Gasteiger partial charge in [0.1, 0.15) is 17.3 Å². The van der Waals surface area contributed by atoms with Gasteiger partial charge in [-0.05, 0) is 119 Å².